The minimum atomic E-state index is 0.00156. The zero-order chi connectivity index (χ0) is 17.8. The average Bonchev–Trinajstić information content (AvgIpc) is 2.69. The molecule has 1 aliphatic carbocycles. The zero-order valence-corrected chi connectivity index (χ0v) is 15.0. The number of hydrogen-bond acceptors (Lipinski definition) is 4. The minimum Gasteiger partial charge on any atom is -0.378 e. The van der Waals surface area contributed by atoms with Crippen molar-refractivity contribution in [2.45, 2.75) is 32.1 Å². The molecular weight excluding hydrogens is 326 g/mol. The van der Waals surface area contributed by atoms with Crippen LogP contribution in [-0.4, -0.2) is 37.2 Å². The van der Waals surface area contributed by atoms with Gasteiger partial charge in [-0.15, -0.1) is 0 Å². The largest absolute Gasteiger partial charge is 0.378 e. The van der Waals surface area contributed by atoms with Crippen molar-refractivity contribution in [2.75, 3.05) is 36.5 Å². The van der Waals surface area contributed by atoms with Gasteiger partial charge in [0.1, 0.15) is 5.82 Å². The van der Waals surface area contributed by atoms with Gasteiger partial charge in [0.15, 0.2) is 0 Å². The first-order valence-electron chi connectivity index (χ1n) is 9.47. The number of aromatic nitrogens is 1. The summed E-state index contributed by atoms with van der Waals surface area (Å²) in [5.41, 5.74) is 4.69. The van der Waals surface area contributed by atoms with Crippen molar-refractivity contribution in [1.29, 1.82) is 0 Å². The standard InChI is InChI=1S/C21H25N3O2/c25-21(14-16-5-6-17-3-1-2-4-18(17)13-16)23-19-7-8-20(22-15-19)24-9-11-26-12-10-24/h5-8,13,15H,1-4,9-12,14H2,(H,23,25). The van der Waals surface area contributed by atoms with Crippen molar-refractivity contribution in [3.63, 3.8) is 0 Å². The van der Waals surface area contributed by atoms with Crippen LogP contribution in [-0.2, 0) is 28.8 Å². The summed E-state index contributed by atoms with van der Waals surface area (Å²) in [6.07, 6.45) is 6.97. The van der Waals surface area contributed by atoms with Gasteiger partial charge < -0.3 is 15.0 Å². The van der Waals surface area contributed by atoms with E-state index >= 15 is 0 Å². The average molecular weight is 351 g/mol. The number of rotatable bonds is 4. The van der Waals surface area contributed by atoms with E-state index in [1.54, 1.807) is 6.20 Å². The molecule has 136 valence electrons. The summed E-state index contributed by atoms with van der Waals surface area (Å²) in [5, 5.41) is 2.96. The highest BCUT2D eigenvalue weighted by Gasteiger charge is 2.13. The number of aryl methyl sites for hydroxylation is 2. The van der Waals surface area contributed by atoms with Crippen LogP contribution in [0.5, 0.6) is 0 Å². The fourth-order valence-electron chi connectivity index (χ4n) is 3.73. The Labute approximate surface area is 154 Å². The third-order valence-corrected chi connectivity index (χ3v) is 5.14. The molecule has 26 heavy (non-hydrogen) atoms. The third kappa shape index (κ3) is 4.05. The minimum absolute atomic E-state index is 0.00156. The van der Waals surface area contributed by atoms with Gasteiger partial charge in [-0.3, -0.25) is 4.79 Å². The Morgan fingerprint density at radius 2 is 1.88 bits per heavy atom. The van der Waals surface area contributed by atoms with E-state index in [4.69, 9.17) is 4.74 Å². The Balaban J connectivity index is 1.35. The molecule has 2 aliphatic rings. The Bertz CT molecular complexity index is 767. The van der Waals surface area contributed by atoms with Gasteiger partial charge in [0.2, 0.25) is 5.91 Å². The molecule has 0 unspecified atom stereocenters. The van der Waals surface area contributed by atoms with E-state index in [0.29, 0.717) is 6.42 Å². The number of carbonyl (C=O) groups is 1. The number of carbonyl (C=O) groups excluding carboxylic acids is 1. The van der Waals surface area contributed by atoms with Crippen LogP contribution in [0.25, 0.3) is 0 Å². The molecule has 1 saturated heterocycles. The predicted octanol–water partition coefficient (Wildman–Crippen LogP) is 2.98. The first-order valence-corrected chi connectivity index (χ1v) is 9.47. The van der Waals surface area contributed by atoms with Gasteiger partial charge in [-0.1, -0.05) is 18.2 Å². The third-order valence-electron chi connectivity index (χ3n) is 5.14. The van der Waals surface area contributed by atoms with Gasteiger partial charge in [0.05, 0.1) is 31.5 Å². The van der Waals surface area contributed by atoms with Crippen LogP contribution in [0, 0.1) is 0 Å². The van der Waals surface area contributed by atoms with Crippen molar-refractivity contribution in [3.8, 4) is 0 Å². The topological polar surface area (TPSA) is 54.5 Å². The van der Waals surface area contributed by atoms with E-state index in [1.807, 2.05) is 12.1 Å². The number of hydrogen-bond donors (Lipinski definition) is 1. The molecule has 2 aromatic rings. The molecule has 1 N–H and O–H groups in total. The summed E-state index contributed by atoms with van der Waals surface area (Å²) in [4.78, 5) is 19.0. The molecule has 0 atom stereocenters. The Morgan fingerprint density at radius 1 is 1.08 bits per heavy atom. The molecule has 1 aromatic heterocycles. The fraction of sp³-hybridized carbons (Fsp3) is 0.429. The molecule has 5 nitrogen and oxygen atoms in total. The van der Waals surface area contributed by atoms with Crippen molar-refractivity contribution in [3.05, 3.63) is 53.2 Å². The van der Waals surface area contributed by atoms with Crippen molar-refractivity contribution >= 4 is 17.4 Å². The molecule has 1 fully saturated rings. The van der Waals surface area contributed by atoms with E-state index in [0.717, 1.165) is 49.8 Å². The number of morpholine rings is 1. The first-order chi connectivity index (χ1) is 12.8. The van der Waals surface area contributed by atoms with Gasteiger partial charge in [-0.25, -0.2) is 4.98 Å². The second-order valence-corrected chi connectivity index (χ2v) is 7.04. The Morgan fingerprint density at radius 3 is 2.65 bits per heavy atom. The first kappa shape index (κ1) is 17.0. The lowest BCUT2D eigenvalue weighted by atomic mass is 9.90. The van der Waals surface area contributed by atoms with Gasteiger partial charge >= 0.3 is 0 Å². The Kier molecular flexibility index (Phi) is 5.16. The second kappa shape index (κ2) is 7.87. The second-order valence-electron chi connectivity index (χ2n) is 7.04. The quantitative estimate of drug-likeness (QED) is 0.920. The molecule has 1 aromatic carbocycles. The van der Waals surface area contributed by atoms with E-state index in [1.165, 1.54) is 30.4 Å². The summed E-state index contributed by atoms with van der Waals surface area (Å²) < 4.78 is 5.36. The van der Waals surface area contributed by atoms with E-state index in [2.05, 4.69) is 33.4 Å². The molecular formula is C21H25N3O2. The number of ether oxygens (including phenoxy) is 1. The number of nitrogens with zero attached hydrogens (tertiary/aromatic N) is 2. The molecule has 0 spiro atoms. The number of nitrogens with one attached hydrogen (secondary N) is 1. The number of pyridine rings is 1. The van der Waals surface area contributed by atoms with Gasteiger partial charge in [0.25, 0.3) is 0 Å². The zero-order valence-electron chi connectivity index (χ0n) is 15.0. The highest BCUT2D eigenvalue weighted by molar-refractivity contribution is 5.92. The van der Waals surface area contributed by atoms with E-state index < -0.39 is 0 Å². The maximum absolute atomic E-state index is 12.4. The van der Waals surface area contributed by atoms with E-state index in [-0.39, 0.29) is 5.91 Å². The van der Waals surface area contributed by atoms with E-state index in [9.17, 15) is 4.79 Å². The lowest BCUT2D eigenvalue weighted by molar-refractivity contribution is -0.115. The summed E-state index contributed by atoms with van der Waals surface area (Å²) in [7, 11) is 0. The van der Waals surface area contributed by atoms with Gasteiger partial charge in [0, 0.05) is 13.1 Å². The molecule has 1 aliphatic heterocycles. The monoisotopic (exact) mass is 351 g/mol. The van der Waals surface area contributed by atoms with Crippen LogP contribution in [0.15, 0.2) is 36.5 Å². The molecule has 1 amide bonds. The van der Waals surface area contributed by atoms with Gasteiger partial charge in [-0.2, -0.15) is 0 Å². The van der Waals surface area contributed by atoms with Crippen molar-refractivity contribution in [2.24, 2.45) is 0 Å². The molecule has 2 heterocycles. The van der Waals surface area contributed by atoms with Crippen LogP contribution < -0.4 is 10.2 Å². The van der Waals surface area contributed by atoms with Crippen LogP contribution in [0.2, 0.25) is 0 Å². The van der Waals surface area contributed by atoms with Crippen LogP contribution >= 0.6 is 0 Å². The molecule has 0 bridgehead atoms. The van der Waals surface area contributed by atoms with Gasteiger partial charge in [-0.05, 0) is 54.5 Å². The highest BCUT2D eigenvalue weighted by Crippen LogP contribution is 2.22. The fourth-order valence-corrected chi connectivity index (χ4v) is 3.73. The summed E-state index contributed by atoms with van der Waals surface area (Å²) in [6, 6.07) is 10.4. The molecule has 4 rings (SSSR count). The van der Waals surface area contributed by atoms with Crippen molar-refractivity contribution < 1.29 is 9.53 Å². The number of fused-ring (bicyclic) bond motifs is 1. The number of anilines is 2. The maximum Gasteiger partial charge on any atom is 0.228 e. The lowest BCUT2D eigenvalue weighted by Gasteiger charge is -2.27. The van der Waals surface area contributed by atoms with Crippen molar-refractivity contribution in [1.82, 2.24) is 4.98 Å². The van der Waals surface area contributed by atoms with Crippen LogP contribution in [0.4, 0.5) is 11.5 Å². The maximum atomic E-state index is 12.4. The summed E-state index contributed by atoms with van der Waals surface area (Å²) in [6.45, 7) is 3.19. The predicted molar refractivity (Wildman–Crippen MR) is 103 cm³/mol. The highest BCUT2D eigenvalue weighted by atomic mass is 16.5. The van der Waals surface area contributed by atoms with Crippen LogP contribution in [0.3, 0.4) is 0 Å². The number of amides is 1. The Hall–Kier alpha value is -2.40. The molecule has 0 radical (unpaired) electrons. The normalized spacial score (nSPS) is 16.8. The smallest absolute Gasteiger partial charge is 0.228 e. The summed E-state index contributed by atoms with van der Waals surface area (Å²) in [5.74, 6) is 0.933. The lowest BCUT2D eigenvalue weighted by Crippen LogP contribution is -2.36. The van der Waals surface area contributed by atoms with Crippen LogP contribution in [0.1, 0.15) is 29.5 Å². The SMILES string of the molecule is O=C(Cc1ccc2c(c1)CCCC2)Nc1ccc(N2CCOCC2)nc1. The number of benzene rings is 1. The molecule has 5 heteroatoms. The molecule has 0 saturated carbocycles. The summed E-state index contributed by atoms with van der Waals surface area (Å²) >= 11 is 0.